The second-order valence-electron chi connectivity index (χ2n) is 3.95. The number of nitrogens with one attached hydrogen (secondary N) is 3. The van der Waals surface area contributed by atoms with Crippen molar-refractivity contribution in [3.8, 4) is 0 Å². The Morgan fingerprint density at radius 1 is 1.13 bits per heavy atom. The molecular formula is C8H16N4O3. The van der Waals surface area contributed by atoms with Crippen molar-refractivity contribution in [1.82, 2.24) is 16.1 Å². The minimum atomic E-state index is -0.987. The zero-order valence-electron chi connectivity index (χ0n) is 9.01. The topological polar surface area (TPSA) is 113 Å². The summed E-state index contributed by atoms with van der Waals surface area (Å²) in [6, 6.07) is 0. The monoisotopic (exact) mass is 216 g/mol. The highest BCUT2D eigenvalue weighted by atomic mass is 16.2. The molecule has 0 spiro atoms. The fourth-order valence-corrected chi connectivity index (χ4v) is 0.769. The third-order valence-corrected chi connectivity index (χ3v) is 1.26. The molecule has 0 saturated carbocycles. The first-order valence-corrected chi connectivity index (χ1v) is 4.36. The highest BCUT2D eigenvalue weighted by Crippen LogP contribution is 1.96. The summed E-state index contributed by atoms with van der Waals surface area (Å²) in [5.74, 6) is 2.42. The number of hydrogen-bond acceptors (Lipinski definition) is 4. The maximum atomic E-state index is 11.2. The van der Waals surface area contributed by atoms with Gasteiger partial charge in [-0.1, -0.05) is 0 Å². The first kappa shape index (κ1) is 13.4. The highest BCUT2D eigenvalue weighted by Gasteiger charge is 2.16. The predicted octanol–water partition coefficient (Wildman–Crippen LogP) is -1.99. The normalized spacial score (nSPS) is 10.4. The summed E-state index contributed by atoms with van der Waals surface area (Å²) >= 11 is 0. The number of nitrogens with two attached hydrogens (primary N) is 1. The van der Waals surface area contributed by atoms with Crippen LogP contribution in [0.4, 0.5) is 0 Å². The summed E-state index contributed by atoms with van der Waals surface area (Å²) in [4.78, 5) is 32.7. The van der Waals surface area contributed by atoms with Crippen LogP contribution in [0.2, 0.25) is 0 Å². The summed E-state index contributed by atoms with van der Waals surface area (Å²) in [5.41, 5.74) is 1.28. The lowest BCUT2D eigenvalue weighted by Crippen LogP contribution is -2.49. The van der Waals surface area contributed by atoms with E-state index in [1.807, 2.05) is 0 Å². The van der Waals surface area contributed by atoms with Gasteiger partial charge in [-0.2, -0.15) is 0 Å². The number of rotatable bonds is 2. The second kappa shape index (κ2) is 5.30. The van der Waals surface area contributed by atoms with Gasteiger partial charge in [-0.3, -0.25) is 19.8 Å². The molecule has 86 valence electrons. The molecule has 0 aliphatic carbocycles. The highest BCUT2D eigenvalue weighted by molar-refractivity contribution is 6.35. The van der Waals surface area contributed by atoms with Gasteiger partial charge in [-0.05, 0) is 20.8 Å². The molecule has 0 fully saturated rings. The number of amides is 3. The van der Waals surface area contributed by atoms with Crippen molar-refractivity contribution < 1.29 is 14.4 Å². The van der Waals surface area contributed by atoms with Gasteiger partial charge in [0.05, 0.1) is 6.54 Å². The average Bonchev–Trinajstić information content (AvgIpc) is 2.10. The number of carbonyl (C=O) groups excluding carboxylic acids is 3. The van der Waals surface area contributed by atoms with Gasteiger partial charge in [0.2, 0.25) is 5.91 Å². The molecule has 0 heterocycles. The zero-order chi connectivity index (χ0) is 12.1. The molecular weight excluding hydrogens is 200 g/mol. The standard InChI is InChI=1S/C8H16N4O3/c1-8(2,3)11-5(13)4-10-6(14)7(15)12-9/h4,9H2,1-3H3,(H,10,14)(H,11,13)(H,12,15). The van der Waals surface area contributed by atoms with Crippen molar-refractivity contribution in [2.45, 2.75) is 26.3 Å². The summed E-state index contributed by atoms with van der Waals surface area (Å²) in [6.45, 7) is 5.15. The van der Waals surface area contributed by atoms with Crippen LogP contribution in [0.5, 0.6) is 0 Å². The van der Waals surface area contributed by atoms with Crippen molar-refractivity contribution in [2.75, 3.05) is 6.54 Å². The fourth-order valence-electron chi connectivity index (χ4n) is 0.769. The molecule has 0 rings (SSSR count). The first-order valence-electron chi connectivity index (χ1n) is 4.36. The smallest absolute Gasteiger partial charge is 0.323 e. The minimum Gasteiger partial charge on any atom is -0.350 e. The van der Waals surface area contributed by atoms with Crippen LogP contribution < -0.4 is 21.9 Å². The van der Waals surface area contributed by atoms with Gasteiger partial charge in [0.1, 0.15) is 0 Å². The number of hydrazine groups is 1. The van der Waals surface area contributed by atoms with Crippen LogP contribution in [-0.4, -0.2) is 29.8 Å². The zero-order valence-corrected chi connectivity index (χ0v) is 9.01. The second-order valence-corrected chi connectivity index (χ2v) is 3.95. The van der Waals surface area contributed by atoms with E-state index < -0.39 is 11.8 Å². The number of hydrogen-bond donors (Lipinski definition) is 4. The van der Waals surface area contributed by atoms with Crippen LogP contribution in [0.15, 0.2) is 0 Å². The molecule has 0 aromatic rings. The van der Waals surface area contributed by atoms with E-state index in [2.05, 4.69) is 10.6 Å². The van der Waals surface area contributed by atoms with Crippen LogP contribution in [-0.2, 0) is 14.4 Å². The van der Waals surface area contributed by atoms with Gasteiger partial charge in [-0.25, -0.2) is 5.84 Å². The van der Waals surface area contributed by atoms with Gasteiger partial charge in [0.15, 0.2) is 0 Å². The molecule has 0 radical (unpaired) electrons. The van der Waals surface area contributed by atoms with E-state index in [-0.39, 0.29) is 18.0 Å². The van der Waals surface area contributed by atoms with E-state index in [4.69, 9.17) is 5.84 Å². The maximum Gasteiger partial charge on any atom is 0.323 e. The molecule has 0 atom stereocenters. The largest absolute Gasteiger partial charge is 0.350 e. The molecule has 0 saturated heterocycles. The lowest BCUT2D eigenvalue weighted by atomic mass is 10.1. The SMILES string of the molecule is CC(C)(C)NC(=O)CNC(=O)C(=O)NN. The predicted molar refractivity (Wildman–Crippen MR) is 53.2 cm³/mol. The Labute approximate surface area is 87.7 Å². The maximum absolute atomic E-state index is 11.2. The van der Waals surface area contributed by atoms with Crippen LogP contribution in [0, 0.1) is 0 Å². The van der Waals surface area contributed by atoms with E-state index in [0.29, 0.717) is 0 Å². The molecule has 0 aliphatic rings. The van der Waals surface area contributed by atoms with Crippen molar-refractivity contribution in [3.63, 3.8) is 0 Å². The summed E-state index contributed by atoms with van der Waals surface area (Å²) in [6.07, 6.45) is 0. The first-order chi connectivity index (χ1) is 6.76. The third-order valence-electron chi connectivity index (χ3n) is 1.26. The van der Waals surface area contributed by atoms with E-state index >= 15 is 0 Å². The van der Waals surface area contributed by atoms with Gasteiger partial charge in [-0.15, -0.1) is 0 Å². The van der Waals surface area contributed by atoms with Crippen molar-refractivity contribution in [2.24, 2.45) is 5.84 Å². The Hall–Kier alpha value is -1.63. The lowest BCUT2D eigenvalue weighted by Gasteiger charge is -2.20. The van der Waals surface area contributed by atoms with Gasteiger partial charge < -0.3 is 10.6 Å². The van der Waals surface area contributed by atoms with Gasteiger partial charge >= 0.3 is 11.8 Å². The summed E-state index contributed by atoms with van der Waals surface area (Å²) < 4.78 is 0. The van der Waals surface area contributed by atoms with E-state index in [0.717, 1.165) is 0 Å². The number of carbonyl (C=O) groups is 3. The van der Waals surface area contributed by atoms with Crippen LogP contribution >= 0.6 is 0 Å². The summed E-state index contributed by atoms with van der Waals surface area (Å²) in [5, 5.41) is 4.73. The molecule has 0 aromatic carbocycles. The Kier molecular flexibility index (Phi) is 4.72. The van der Waals surface area contributed by atoms with Crippen molar-refractivity contribution in [1.29, 1.82) is 0 Å². The lowest BCUT2D eigenvalue weighted by molar-refractivity contribution is -0.139. The Morgan fingerprint density at radius 3 is 2.07 bits per heavy atom. The molecule has 0 bridgehead atoms. The molecule has 7 heteroatoms. The van der Waals surface area contributed by atoms with Gasteiger partial charge in [0.25, 0.3) is 0 Å². The van der Waals surface area contributed by atoms with E-state index in [1.54, 1.807) is 26.2 Å². The van der Waals surface area contributed by atoms with E-state index in [9.17, 15) is 14.4 Å². The minimum absolute atomic E-state index is 0.260. The fraction of sp³-hybridized carbons (Fsp3) is 0.625. The quantitative estimate of drug-likeness (QED) is 0.185. The van der Waals surface area contributed by atoms with E-state index in [1.165, 1.54) is 0 Å². The Bertz CT molecular complexity index is 270. The molecule has 15 heavy (non-hydrogen) atoms. The van der Waals surface area contributed by atoms with Gasteiger partial charge in [0, 0.05) is 5.54 Å². The molecule has 0 aromatic heterocycles. The molecule has 0 unspecified atom stereocenters. The van der Waals surface area contributed by atoms with Crippen LogP contribution in [0.3, 0.4) is 0 Å². The van der Waals surface area contributed by atoms with Crippen LogP contribution in [0.25, 0.3) is 0 Å². The van der Waals surface area contributed by atoms with Crippen molar-refractivity contribution >= 4 is 17.7 Å². The third kappa shape index (κ3) is 6.44. The summed E-state index contributed by atoms with van der Waals surface area (Å²) in [7, 11) is 0. The molecule has 0 aliphatic heterocycles. The molecule has 3 amide bonds. The molecule has 7 nitrogen and oxygen atoms in total. The molecule has 5 N–H and O–H groups in total. The average molecular weight is 216 g/mol. The van der Waals surface area contributed by atoms with Crippen LogP contribution in [0.1, 0.15) is 20.8 Å². The Balaban J connectivity index is 3.92. The van der Waals surface area contributed by atoms with Crippen molar-refractivity contribution in [3.05, 3.63) is 0 Å². The Morgan fingerprint density at radius 2 is 1.67 bits per heavy atom.